The smallest absolute Gasteiger partial charge is 0.410 e. The molecular formula is C18H34N4O5S. The van der Waals surface area contributed by atoms with Crippen molar-refractivity contribution in [2.75, 3.05) is 39.3 Å². The summed E-state index contributed by atoms with van der Waals surface area (Å²) >= 11 is 0. The quantitative estimate of drug-likeness (QED) is 0.594. The van der Waals surface area contributed by atoms with E-state index in [1.807, 2.05) is 0 Å². The minimum Gasteiger partial charge on any atom is -0.444 e. The Bertz CT molecular complexity index is 609. The van der Waals surface area contributed by atoms with E-state index in [9.17, 15) is 19.5 Å². The van der Waals surface area contributed by atoms with Gasteiger partial charge in [0.05, 0.1) is 19.7 Å². The number of carbonyl (C=O) groups excluding carboxylic acids is 3. The third-order valence-corrected chi connectivity index (χ3v) is 4.90. The SMILES string of the molecule is CC(C)CN1CCN(C(=O)OC(C)(C)C)CC12CN([C@@H](CO)C(N)=O)C2=O.S. The van der Waals surface area contributed by atoms with E-state index in [0.29, 0.717) is 25.6 Å². The Morgan fingerprint density at radius 2 is 1.86 bits per heavy atom. The van der Waals surface area contributed by atoms with Crippen LogP contribution in [0.25, 0.3) is 0 Å². The van der Waals surface area contributed by atoms with Crippen molar-refractivity contribution in [3.63, 3.8) is 0 Å². The van der Waals surface area contributed by atoms with Gasteiger partial charge in [-0.15, -0.1) is 0 Å². The molecule has 9 nitrogen and oxygen atoms in total. The number of piperazine rings is 1. The first-order valence-electron chi connectivity index (χ1n) is 9.35. The highest BCUT2D eigenvalue weighted by atomic mass is 32.1. The molecule has 0 aliphatic carbocycles. The van der Waals surface area contributed by atoms with Crippen LogP contribution in [0.15, 0.2) is 0 Å². The Labute approximate surface area is 173 Å². The highest BCUT2D eigenvalue weighted by Crippen LogP contribution is 2.35. The van der Waals surface area contributed by atoms with Gasteiger partial charge in [-0.1, -0.05) is 13.8 Å². The van der Waals surface area contributed by atoms with E-state index >= 15 is 0 Å². The average molecular weight is 419 g/mol. The van der Waals surface area contributed by atoms with Crippen LogP contribution in [0.5, 0.6) is 0 Å². The molecule has 0 saturated carbocycles. The lowest BCUT2D eigenvalue weighted by Gasteiger charge is -2.59. The van der Waals surface area contributed by atoms with Gasteiger partial charge in [0.1, 0.15) is 17.2 Å². The van der Waals surface area contributed by atoms with Gasteiger partial charge in [0.2, 0.25) is 11.8 Å². The first-order chi connectivity index (χ1) is 12.4. The molecular weight excluding hydrogens is 384 g/mol. The zero-order valence-corrected chi connectivity index (χ0v) is 18.4. The first kappa shape index (κ1) is 24.5. The summed E-state index contributed by atoms with van der Waals surface area (Å²) in [5.74, 6) is -0.688. The number of hydrogen-bond donors (Lipinski definition) is 2. The van der Waals surface area contributed by atoms with Gasteiger partial charge >= 0.3 is 6.09 Å². The lowest BCUT2D eigenvalue weighted by atomic mass is 9.82. The van der Waals surface area contributed by atoms with Crippen LogP contribution in [0.2, 0.25) is 0 Å². The van der Waals surface area contributed by atoms with Crippen LogP contribution in [0.1, 0.15) is 34.6 Å². The third-order valence-electron chi connectivity index (χ3n) is 4.90. The molecule has 0 radical (unpaired) electrons. The Morgan fingerprint density at radius 1 is 1.25 bits per heavy atom. The van der Waals surface area contributed by atoms with Gasteiger partial charge in [0.15, 0.2) is 0 Å². The Hall–Kier alpha value is -1.52. The molecule has 2 atom stereocenters. The van der Waals surface area contributed by atoms with Gasteiger partial charge < -0.3 is 25.4 Å². The monoisotopic (exact) mass is 418 g/mol. The van der Waals surface area contributed by atoms with Crippen LogP contribution in [0.4, 0.5) is 4.79 Å². The molecule has 28 heavy (non-hydrogen) atoms. The summed E-state index contributed by atoms with van der Waals surface area (Å²) in [5.41, 5.74) is 3.78. The summed E-state index contributed by atoms with van der Waals surface area (Å²) < 4.78 is 5.45. The number of carbonyl (C=O) groups is 3. The van der Waals surface area contributed by atoms with Crippen LogP contribution < -0.4 is 5.73 Å². The van der Waals surface area contributed by atoms with Gasteiger partial charge in [0.25, 0.3) is 0 Å². The first-order valence-corrected chi connectivity index (χ1v) is 9.35. The summed E-state index contributed by atoms with van der Waals surface area (Å²) in [5, 5.41) is 9.42. The van der Waals surface area contributed by atoms with Crippen LogP contribution in [0.3, 0.4) is 0 Å². The highest BCUT2D eigenvalue weighted by molar-refractivity contribution is 7.59. The van der Waals surface area contributed by atoms with Gasteiger partial charge in [-0.05, 0) is 26.7 Å². The predicted molar refractivity (Wildman–Crippen MR) is 109 cm³/mol. The second-order valence-electron chi connectivity index (χ2n) is 8.81. The lowest BCUT2D eigenvalue weighted by molar-refractivity contribution is -0.180. The average Bonchev–Trinajstić information content (AvgIpc) is 2.53. The number of amides is 3. The molecule has 0 aromatic carbocycles. The molecule has 2 saturated heterocycles. The van der Waals surface area contributed by atoms with Gasteiger partial charge in [-0.25, -0.2) is 4.79 Å². The molecule has 1 spiro atoms. The van der Waals surface area contributed by atoms with E-state index in [4.69, 9.17) is 10.5 Å². The fourth-order valence-electron chi connectivity index (χ4n) is 3.68. The maximum absolute atomic E-state index is 13.1. The molecule has 0 bridgehead atoms. The number of nitrogens with zero attached hydrogens (tertiary/aromatic N) is 3. The van der Waals surface area contributed by atoms with E-state index in [-0.39, 0.29) is 32.5 Å². The zero-order chi connectivity index (χ0) is 20.6. The number of aliphatic hydroxyl groups excluding tert-OH is 1. The molecule has 162 valence electrons. The fourth-order valence-corrected chi connectivity index (χ4v) is 3.68. The molecule has 10 heteroatoms. The van der Waals surface area contributed by atoms with Crippen molar-refractivity contribution >= 4 is 31.4 Å². The highest BCUT2D eigenvalue weighted by Gasteiger charge is 2.61. The lowest BCUT2D eigenvalue weighted by Crippen LogP contribution is -2.82. The van der Waals surface area contributed by atoms with Gasteiger partial charge in [-0.2, -0.15) is 13.5 Å². The molecule has 1 unspecified atom stereocenters. The van der Waals surface area contributed by atoms with E-state index < -0.39 is 35.8 Å². The normalized spacial score (nSPS) is 24.0. The van der Waals surface area contributed by atoms with Crippen molar-refractivity contribution in [1.29, 1.82) is 0 Å². The van der Waals surface area contributed by atoms with Gasteiger partial charge in [-0.3, -0.25) is 14.5 Å². The Balaban J connectivity index is 0.00000392. The van der Waals surface area contributed by atoms with E-state index in [1.165, 1.54) is 4.90 Å². The number of rotatable bonds is 5. The van der Waals surface area contributed by atoms with E-state index in [1.54, 1.807) is 25.7 Å². The molecule has 3 N–H and O–H groups in total. The molecule has 3 amide bonds. The number of hydrogen-bond acceptors (Lipinski definition) is 6. The topological polar surface area (TPSA) is 116 Å². The number of nitrogens with two attached hydrogens (primary N) is 1. The molecule has 2 aliphatic rings. The second kappa shape index (κ2) is 8.87. The summed E-state index contributed by atoms with van der Waals surface area (Å²) in [6.07, 6.45) is -0.453. The Kier molecular flexibility index (Phi) is 7.77. The minimum atomic E-state index is -1.04. The summed E-state index contributed by atoms with van der Waals surface area (Å²) in [4.78, 5) is 42.0. The molecule has 2 rings (SSSR count). The van der Waals surface area contributed by atoms with Crippen molar-refractivity contribution in [3.05, 3.63) is 0 Å². The van der Waals surface area contributed by atoms with Crippen molar-refractivity contribution in [2.24, 2.45) is 11.7 Å². The number of ether oxygens (including phenoxy) is 1. The van der Waals surface area contributed by atoms with Crippen molar-refractivity contribution in [3.8, 4) is 0 Å². The van der Waals surface area contributed by atoms with Gasteiger partial charge in [0, 0.05) is 19.6 Å². The summed E-state index contributed by atoms with van der Waals surface area (Å²) in [6.45, 7) is 11.1. The maximum atomic E-state index is 13.1. The molecule has 0 aromatic rings. The Morgan fingerprint density at radius 3 is 2.29 bits per heavy atom. The third kappa shape index (κ3) is 4.90. The molecule has 2 heterocycles. The number of primary amides is 1. The van der Waals surface area contributed by atoms with Crippen LogP contribution in [-0.4, -0.2) is 94.2 Å². The van der Waals surface area contributed by atoms with E-state index in [0.717, 1.165) is 0 Å². The van der Waals surface area contributed by atoms with Crippen molar-refractivity contribution in [1.82, 2.24) is 14.7 Å². The second-order valence-corrected chi connectivity index (χ2v) is 8.81. The molecule has 2 fully saturated rings. The number of likely N-dealkylation sites (tertiary alicyclic amines) is 1. The fraction of sp³-hybridized carbons (Fsp3) is 0.833. The molecule has 2 aliphatic heterocycles. The molecule has 0 aromatic heterocycles. The van der Waals surface area contributed by atoms with Crippen LogP contribution >= 0.6 is 13.5 Å². The maximum Gasteiger partial charge on any atom is 0.410 e. The number of aliphatic hydroxyl groups is 1. The van der Waals surface area contributed by atoms with Crippen LogP contribution in [-0.2, 0) is 14.3 Å². The standard InChI is InChI=1S/C18H32N4O5.H2S/c1-12(2)8-21-7-6-20(16(26)27-17(3,4)5)10-18(21)11-22(15(18)25)13(9-23)14(19)24;/h12-13,23H,6-11H2,1-5H3,(H2,19,24);1H2/t13-,18?;/m0./s1. The predicted octanol–water partition coefficient (Wildman–Crippen LogP) is -0.265. The minimum absolute atomic E-state index is 0. The number of β-lactam (4-membered cyclic amide) rings is 1. The van der Waals surface area contributed by atoms with E-state index in [2.05, 4.69) is 18.7 Å². The van der Waals surface area contributed by atoms with Crippen molar-refractivity contribution < 1.29 is 24.2 Å². The van der Waals surface area contributed by atoms with Crippen molar-refractivity contribution in [2.45, 2.75) is 51.8 Å². The zero-order valence-electron chi connectivity index (χ0n) is 17.4. The summed E-state index contributed by atoms with van der Waals surface area (Å²) in [6, 6.07) is -1.04. The van der Waals surface area contributed by atoms with Crippen LogP contribution in [0, 0.1) is 5.92 Å². The summed E-state index contributed by atoms with van der Waals surface area (Å²) in [7, 11) is 0. The largest absolute Gasteiger partial charge is 0.444 e.